The van der Waals surface area contributed by atoms with Crippen LogP contribution in [0.15, 0.2) is 0 Å². The molecule has 0 aromatic carbocycles. The number of esters is 1. The number of fused-ring (bicyclic) bond motifs is 1. The number of alkyl halides is 3. The maximum absolute atomic E-state index is 12.6. The van der Waals surface area contributed by atoms with Crippen molar-refractivity contribution in [3.63, 3.8) is 0 Å². The highest BCUT2D eigenvalue weighted by atomic mass is 35.5. The number of halogens is 4. The van der Waals surface area contributed by atoms with E-state index in [9.17, 15) is 22.8 Å². The van der Waals surface area contributed by atoms with Crippen molar-refractivity contribution in [1.29, 1.82) is 0 Å². The molecule has 3 heterocycles. The van der Waals surface area contributed by atoms with E-state index in [4.69, 9.17) is 22.1 Å². The Kier molecular flexibility index (Phi) is 5.18. The summed E-state index contributed by atoms with van der Waals surface area (Å²) in [5.74, 6) is -3.28. The number of primary amides is 1. The van der Waals surface area contributed by atoms with Crippen LogP contribution in [0, 0.1) is 0 Å². The van der Waals surface area contributed by atoms with E-state index in [1.165, 1.54) is 0 Å². The van der Waals surface area contributed by atoms with Gasteiger partial charge in [0.25, 0.3) is 5.91 Å². The lowest BCUT2D eigenvalue weighted by molar-refractivity contribution is -0.207. The van der Waals surface area contributed by atoms with Gasteiger partial charge < -0.3 is 19.8 Å². The minimum atomic E-state index is -5.16. The Hall–Kier alpha value is -1.78. The molecule has 3 N–H and O–H groups in total. The normalized spacial score (nSPS) is 21.3. The van der Waals surface area contributed by atoms with Gasteiger partial charge in [-0.25, -0.2) is 4.79 Å². The first kappa shape index (κ1) is 19.0. The molecule has 7 nitrogen and oxygen atoms in total. The molecule has 0 bridgehead atoms. The summed E-state index contributed by atoms with van der Waals surface area (Å²) in [5.41, 5.74) is 5.95. The largest absolute Gasteiger partial charge is 0.490 e. The lowest BCUT2D eigenvalue weighted by Crippen LogP contribution is -2.40. The molecule has 1 atom stereocenters. The lowest BCUT2D eigenvalue weighted by atomic mass is 9.96. The summed E-state index contributed by atoms with van der Waals surface area (Å²) < 4.78 is 49.2. The van der Waals surface area contributed by atoms with Crippen LogP contribution < -0.4 is 11.1 Å². The van der Waals surface area contributed by atoms with Gasteiger partial charge in [0.2, 0.25) is 0 Å². The van der Waals surface area contributed by atoms with Gasteiger partial charge in [0.15, 0.2) is 6.23 Å². The van der Waals surface area contributed by atoms with Crippen LogP contribution >= 0.6 is 11.6 Å². The maximum Gasteiger partial charge on any atom is 0.490 e. The standard InChI is InChI=1S/C15H17ClF3N3O4/c16-9-8(12(20)23)11-13(26-14(24)15(17,18)19)21-3-4-22(11)10(9)7-1-5-25-6-2-7/h7,13,21H,1-6H2,(H2,20,23). The van der Waals surface area contributed by atoms with Gasteiger partial charge in [-0.1, -0.05) is 11.6 Å². The fourth-order valence-corrected chi connectivity index (χ4v) is 3.86. The van der Waals surface area contributed by atoms with Crippen molar-refractivity contribution in [2.45, 2.75) is 37.7 Å². The third kappa shape index (κ3) is 3.40. The van der Waals surface area contributed by atoms with Gasteiger partial charge in [0, 0.05) is 37.9 Å². The lowest BCUT2D eigenvalue weighted by Gasteiger charge is -2.30. The molecule has 144 valence electrons. The van der Waals surface area contributed by atoms with Gasteiger partial charge in [0.1, 0.15) is 0 Å². The topological polar surface area (TPSA) is 95.6 Å². The average Bonchev–Trinajstić information content (AvgIpc) is 2.87. The van der Waals surface area contributed by atoms with Crippen LogP contribution in [0.4, 0.5) is 13.2 Å². The van der Waals surface area contributed by atoms with Gasteiger partial charge in [-0.05, 0) is 12.8 Å². The molecule has 1 saturated heterocycles. The zero-order valence-electron chi connectivity index (χ0n) is 13.6. The molecule has 0 spiro atoms. The first-order valence-corrected chi connectivity index (χ1v) is 8.40. The Morgan fingerprint density at radius 3 is 2.50 bits per heavy atom. The molecule has 0 aliphatic carbocycles. The fraction of sp³-hybridized carbons (Fsp3) is 0.600. The maximum atomic E-state index is 12.6. The molecule has 2 aliphatic heterocycles. The summed E-state index contributed by atoms with van der Waals surface area (Å²) in [6, 6.07) is 0. The molecular formula is C15H17ClF3N3O4. The van der Waals surface area contributed by atoms with Crippen molar-refractivity contribution in [3.05, 3.63) is 22.0 Å². The molecule has 3 rings (SSSR count). The van der Waals surface area contributed by atoms with Crippen LogP contribution in [0.3, 0.4) is 0 Å². The van der Waals surface area contributed by atoms with Crippen molar-refractivity contribution in [2.24, 2.45) is 5.73 Å². The number of carbonyl (C=O) groups is 2. The van der Waals surface area contributed by atoms with Crippen LogP contribution in [-0.4, -0.2) is 42.4 Å². The number of nitrogens with one attached hydrogen (secondary N) is 1. The number of carbonyl (C=O) groups excluding carboxylic acids is 2. The molecule has 1 amide bonds. The fourth-order valence-electron chi connectivity index (χ4n) is 3.42. The van der Waals surface area contributed by atoms with Crippen molar-refractivity contribution < 1.29 is 32.2 Å². The van der Waals surface area contributed by atoms with Gasteiger partial charge in [-0.2, -0.15) is 13.2 Å². The van der Waals surface area contributed by atoms with E-state index in [1.54, 1.807) is 4.57 Å². The number of nitrogens with two attached hydrogens (primary N) is 1. The van der Waals surface area contributed by atoms with E-state index in [-0.39, 0.29) is 28.7 Å². The molecule has 1 aromatic heterocycles. The second-order valence-electron chi connectivity index (χ2n) is 6.10. The van der Waals surface area contributed by atoms with Crippen molar-refractivity contribution >= 4 is 23.5 Å². The summed E-state index contributed by atoms with van der Waals surface area (Å²) in [7, 11) is 0. The molecule has 1 fully saturated rings. The number of hydrogen-bond acceptors (Lipinski definition) is 5. The van der Waals surface area contributed by atoms with E-state index in [2.05, 4.69) is 10.1 Å². The second-order valence-corrected chi connectivity index (χ2v) is 6.48. The van der Waals surface area contributed by atoms with Gasteiger partial charge in [-0.15, -0.1) is 0 Å². The highest BCUT2D eigenvalue weighted by molar-refractivity contribution is 6.35. The monoisotopic (exact) mass is 395 g/mol. The Bertz CT molecular complexity index is 729. The van der Waals surface area contributed by atoms with Crippen LogP contribution in [0.25, 0.3) is 0 Å². The van der Waals surface area contributed by atoms with Crippen molar-refractivity contribution in [1.82, 2.24) is 9.88 Å². The molecular weight excluding hydrogens is 379 g/mol. The quantitative estimate of drug-likeness (QED) is 0.761. The SMILES string of the molecule is NC(=O)c1c(Cl)c(C2CCOCC2)n2c1C(OC(=O)C(F)(F)F)NCC2. The molecule has 11 heteroatoms. The van der Waals surface area contributed by atoms with E-state index in [0.717, 1.165) is 0 Å². The number of amides is 1. The predicted molar refractivity (Wildman–Crippen MR) is 83.6 cm³/mol. The number of rotatable bonds is 3. The third-order valence-corrected chi connectivity index (χ3v) is 4.89. The number of hydrogen-bond donors (Lipinski definition) is 2. The first-order valence-electron chi connectivity index (χ1n) is 8.02. The molecule has 2 aliphatic rings. The zero-order valence-corrected chi connectivity index (χ0v) is 14.3. The van der Waals surface area contributed by atoms with E-state index in [1.807, 2.05) is 0 Å². The third-order valence-electron chi connectivity index (χ3n) is 4.51. The van der Waals surface area contributed by atoms with Crippen LogP contribution in [-0.2, 0) is 20.8 Å². The summed E-state index contributed by atoms with van der Waals surface area (Å²) in [5, 5.41) is 2.76. The number of nitrogens with zero attached hydrogens (tertiary/aromatic N) is 1. The molecule has 0 saturated carbocycles. The van der Waals surface area contributed by atoms with Crippen LogP contribution in [0.2, 0.25) is 5.02 Å². The molecule has 1 unspecified atom stereocenters. The van der Waals surface area contributed by atoms with E-state index in [0.29, 0.717) is 38.3 Å². The Morgan fingerprint density at radius 2 is 1.92 bits per heavy atom. The van der Waals surface area contributed by atoms with Gasteiger partial charge in [-0.3, -0.25) is 10.1 Å². The van der Waals surface area contributed by atoms with Gasteiger partial charge >= 0.3 is 12.1 Å². The summed E-state index contributed by atoms with van der Waals surface area (Å²) in [6.07, 6.45) is -5.31. The highest BCUT2D eigenvalue weighted by Crippen LogP contribution is 2.41. The van der Waals surface area contributed by atoms with Gasteiger partial charge in [0.05, 0.1) is 16.3 Å². The minimum Gasteiger partial charge on any atom is -0.434 e. The van der Waals surface area contributed by atoms with Crippen LogP contribution in [0.5, 0.6) is 0 Å². The Labute approximate surface area is 151 Å². The Balaban J connectivity index is 2.05. The van der Waals surface area contributed by atoms with Crippen LogP contribution in [0.1, 0.15) is 46.7 Å². The molecule has 26 heavy (non-hydrogen) atoms. The summed E-state index contributed by atoms with van der Waals surface area (Å²) >= 11 is 6.39. The zero-order chi connectivity index (χ0) is 19.1. The van der Waals surface area contributed by atoms with Crippen molar-refractivity contribution in [3.8, 4) is 0 Å². The second kappa shape index (κ2) is 7.09. The smallest absolute Gasteiger partial charge is 0.434 e. The number of ether oxygens (including phenoxy) is 2. The predicted octanol–water partition coefficient (Wildman–Crippen LogP) is 1.84. The summed E-state index contributed by atoms with van der Waals surface area (Å²) in [6.45, 7) is 1.62. The first-order chi connectivity index (χ1) is 12.2. The van der Waals surface area contributed by atoms with E-state index >= 15 is 0 Å². The average molecular weight is 396 g/mol. The van der Waals surface area contributed by atoms with Crippen molar-refractivity contribution in [2.75, 3.05) is 19.8 Å². The highest BCUT2D eigenvalue weighted by Gasteiger charge is 2.44. The summed E-state index contributed by atoms with van der Waals surface area (Å²) in [4.78, 5) is 23.2. The molecule has 1 aromatic rings. The Morgan fingerprint density at radius 1 is 1.27 bits per heavy atom. The van der Waals surface area contributed by atoms with E-state index < -0.39 is 24.3 Å². The number of aromatic nitrogens is 1. The minimum absolute atomic E-state index is 0.0276. The molecule has 0 radical (unpaired) electrons.